The smallest absolute Gasteiger partial charge is 0.407 e. The lowest BCUT2D eigenvalue weighted by Gasteiger charge is -2.45. The molecule has 9 heteroatoms. The van der Waals surface area contributed by atoms with E-state index in [1.165, 1.54) is 24.2 Å². The SMILES string of the molecule is CCC(CC)C(=O)N(C1CCCCC1)C1CCN(C(=O)[C@@H](Cc2ccc(Cl)cc2)NC2CCN(C(=O)O)CC2)CC1. The van der Waals surface area contributed by atoms with Crippen molar-refractivity contribution in [3.8, 4) is 0 Å². The van der Waals surface area contributed by atoms with Gasteiger partial charge in [-0.25, -0.2) is 4.79 Å². The van der Waals surface area contributed by atoms with Gasteiger partial charge in [-0.05, 0) is 75.5 Å². The topological polar surface area (TPSA) is 93.2 Å². The van der Waals surface area contributed by atoms with E-state index in [2.05, 4.69) is 24.1 Å². The number of benzene rings is 1. The van der Waals surface area contributed by atoms with Crippen LogP contribution >= 0.6 is 11.6 Å². The summed E-state index contributed by atoms with van der Waals surface area (Å²) < 4.78 is 0. The summed E-state index contributed by atoms with van der Waals surface area (Å²) in [6, 6.07) is 7.86. The summed E-state index contributed by atoms with van der Waals surface area (Å²) >= 11 is 6.11. The van der Waals surface area contributed by atoms with E-state index < -0.39 is 12.1 Å². The van der Waals surface area contributed by atoms with Crippen LogP contribution in [0.25, 0.3) is 0 Å². The van der Waals surface area contributed by atoms with Gasteiger partial charge in [0.15, 0.2) is 0 Å². The van der Waals surface area contributed by atoms with Crippen molar-refractivity contribution >= 4 is 29.5 Å². The molecule has 3 fully saturated rings. The number of carbonyl (C=O) groups excluding carboxylic acids is 2. The van der Waals surface area contributed by atoms with Gasteiger partial charge in [0.05, 0.1) is 6.04 Å². The zero-order valence-corrected chi connectivity index (χ0v) is 25.7. The van der Waals surface area contributed by atoms with Crippen LogP contribution in [0.2, 0.25) is 5.02 Å². The summed E-state index contributed by atoms with van der Waals surface area (Å²) in [6.07, 6.45) is 10.3. The molecule has 1 aromatic carbocycles. The lowest BCUT2D eigenvalue weighted by molar-refractivity contribution is -0.144. The summed E-state index contributed by atoms with van der Waals surface area (Å²) in [5, 5.41) is 13.6. The Balaban J connectivity index is 1.43. The van der Waals surface area contributed by atoms with Gasteiger partial charge < -0.3 is 25.1 Å². The Labute approximate surface area is 250 Å². The molecule has 0 radical (unpaired) electrons. The first-order chi connectivity index (χ1) is 19.8. The van der Waals surface area contributed by atoms with Crippen LogP contribution < -0.4 is 5.32 Å². The summed E-state index contributed by atoms with van der Waals surface area (Å²) in [4.78, 5) is 44.8. The molecule has 3 amide bonds. The van der Waals surface area contributed by atoms with Gasteiger partial charge in [0.2, 0.25) is 11.8 Å². The Morgan fingerprint density at radius 2 is 1.44 bits per heavy atom. The standard InChI is InChI=1S/C32H49ClN4O4/c1-3-24(4-2)30(38)37(27-8-6-5-7-9-27)28-16-20-35(21-17-28)31(39)29(22-23-10-12-25(33)13-11-23)34-26-14-18-36(19-15-26)32(40)41/h10-13,24,26-29,34H,3-9,14-22H2,1-2H3,(H,40,41)/t29-/m1/s1. The highest BCUT2D eigenvalue weighted by Crippen LogP contribution is 2.31. The van der Waals surface area contributed by atoms with E-state index in [0.717, 1.165) is 44.1 Å². The molecule has 2 saturated heterocycles. The van der Waals surface area contributed by atoms with Gasteiger partial charge in [0, 0.05) is 55.2 Å². The monoisotopic (exact) mass is 588 g/mol. The van der Waals surface area contributed by atoms with Gasteiger partial charge in [-0.1, -0.05) is 56.8 Å². The Bertz CT molecular complexity index is 995. The molecule has 1 atom stereocenters. The second-order valence-electron chi connectivity index (χ2n) is 12.2. The summed E-state index contributed by atoms with van der Waals surface area (Å²) in [7, 11) is 0. The van der Waals surface area contributed by atoms with Crippen molar-refractivity contribution < 1.29 is 19.5 Å². The normalized spacial score (nSPS) is 20.3. The van der Waals surface area contributed by atoms with Gasteiger partial charge in [-0.3, -0.25) is 9.59 Å². The zero-order valence-electron chi connectivity index (χ0n) is 24.9. The molecule has 0 unspecified atom stereocenters. The second kappa shape index (κ2) is 15.2. The average molecular weight is 589 g/mol. The summed E-state index contributed by atoms with van der Waals surface area (Å²) in [6.45, 7) is 6.49. The Kier molecular flexibility index (Phi) is 11.7. The van der Waals surface area contributed by atoms with Crippen LogP contribution in [0.5, 0.6) is 0 Å². The van der Waals surface area contributed by atoms with Crippen LogP contribution in [-0.2, 0) is 16.0 Å². The maximum absolute atomic E-state index is 14.0. The van der Waals surface area contributed by atoms with E-state index in [-0.39, 0.29) is 23.9 Å². The van der Waals surface area contributed by atoms with Crippen molar-refractivity contribution in [1.82, 2.24) is 20.0 Å². The van der Waals surface area contributed by atoms with Crippen molar-refractivity contribution in [2.45, 2.75) is 115 Å². The number of hydrogen-bond donors (Lipinski definition) is 2. The first kappa shape index (κ1) is 31.6. The van der Waals surface area contributed by atoms with Crippen LogP contribution in [0, 0.1) is 5.92 Å². The van der Waals surface area contributed by atoms with Gasteiger partial charge in [-0.15, -0.1) is 0 Å². The zero-order chi connectivity index (χ0) is 29.4. The van der Waals surface area contributed by atoms with Gasteiger partial charge in [0.25, 0.3) is 0 Å². The number of nitrogens with one attached hydrogen (secondary N) is 1. The highest BCUT2D eigenvalue weighted by molar-refractivity contribution is 6.30. The molecule has 0 bridgehead atoms. The fraction of sp³-hybridized carbons (Fsp3) is 0.719. The molecule has 1 aromatic rings. The number of nitrogens with zero attached hydrogens (tertiary/aromatic N) is 3. The molecular weight excluding hydrogens is 540 g/mol. The molecule has 228 valence electrons. The highest BCUT2D eigenvalue weighted by atomic mass is 35.5. The molecule has 2 heterocycles. The highest BCUT2D eigenvalue weighted by Gasteiger charge is 2.38. The second-order valence-corrected chi connectivity index (χ2v) is 12.6. The van der Waals surface area contributed by atoms with Crippen molar-refractivity contribution in [2.24, 2.45) is 5.92 Å². The lowest BCUT2D eigenvalue weighted by Crippen LogP contribution is -2.58. The summed E-state index contributed by atoms with van der Waals surface area (Å²) in [5.41, 5.74) is 1.04. The van der Waals surface area contributed by atoms with E-state index in [9.17, 15) is 19.5 Å². The quantitative estimate of drug-likeness (QED) is 0.373. The predicted octanol–water partition coefficient (Wildman–Crippen LogP) is 5.57. The average Bonchev–Trinajstić information content (AvgIpc) is 2.99. The number of piperidine rings is 2. The minimum atomic E-state index is -0.884. The number of halogens is 1. The first-order valence-electron chi connectivity index (χ1n) is 15.9. The fourth-order valence-corrected chi connectivity index (χ4v) is 7.17. The van der Waals surface area contributed by atoms with Gasteiger partial charge in [0.1, 0.15) is 0 Å². The minimum absolute atomic E-state index is 0.0806. The van der Waals surface area contributed by atoms with Crippen LogP contribution in [0.15, 0.2) is 24.3 Å². The number of rotatable bonds is 10. The van der Waals surface area contributed by atoms with Crippen molar-refractivity contribution in [3.63, 3.8) is 0 Å². The number of carboxylic acid groups (broad SMARTS) is 1. The fourth-order valence-electron chi connectivity index (χ4n) is 7.05. The van der Waals surface area contributed by atoms with E-state index in [1.807, 2.05) is 29.2 Å². The van der Waals surface area contributed by atoms with Crippen LogP contribution in [0.3, 0.4) is 0 Å². The summed E-state index contributed by atoms with van der Waals surface area (Å²) in [5.74, 6) is 0.494. The first-order valence-corrected chi connectivity index (χ1v) is 16.3. The molecule has 3 aliphatic rings. The number of amides is 3. The van der Waals surface area contributed by atoms with E-state index in [0.29, 0.717) is 62.4 Å². The predicted molar refractivity (Wildman–Crippen MR) is 162 cm³/mol. The molecule has 2 N–H and O–H groups in total. The molecule has 2 aliphatic heterocycles. The largest absolute Gasteiger partial charge is 0.465 e. The van der Waals surface area contributed by atoms with Gasteiger partial charge in [-0.2, -0.15) is 0 Å². The molecule has 1 aliphatic carbocycles. The lowest BCUT2D eigenvalue weighted by atomic mass is 9.89. The third-order valence-electron chi connectivity index (χ3n) is 9.58. The number of likely N-dealkylation sites (tertiary alicyclic amines) is 2. The Morgan fingerprint density at radius 3 is 2.00 bits per heavy atom. The van der Waals surface area contributed by atoms with Crippen LogP contribution in [0.1, 0.15) is 90.0 Å². The van der Waals surface area contributed by atoms with Crippen LogP contribution in [0.4, 0.5) is 4.79 Å². The third-order valence-corrected chi connectivity index (χ3v) is 9.83. The van der Waals surface area contributed by atoms with E-state index >= 15 is 0 Å². The molecule has 0 spiro atoms. The molecular formula is C32H49ClN4O4. The van der Waals surface area contributed by atoms with Crippen LogP contribution in [-0.4, -0.2) is 88.1 Å². The molecule has 41 heavy (non-hydrogen) atoms. The van der Waals surface area contributed by atoms with Crippen molar-refractivity contribution in [1.29, 1.82) is 0 Å². The third kappa shape index (κ3) is 8.38. The van der Waals surface area contributed by atoms with E-state index in [1.54, 1.807) is 0 Å². The minimum Gasteiger partial charge on any atom is -0.465 e. The Morgan fingerprint density at radius 1 is 0.878 bits per heavy atom. The van der Waals surface area contributed by atoms with Gasteiger partial charge >= 0.3 is 6.09 Å². The number of hydrogen-bond acceptors (Lipinski definition) is 4. The molecule has 1 saturated carbocycles. The number of carbonyl (C=O) groups is 3. The molecule has 0 aromatic heterocycles. The maximum Gasteiger partial charge on any atom is 0.407 e. The van der Waals surface area contributed by atoms with Crippen molar-refractivity contribution in [2.75, 3.05) is 26.2 Å². The van der Waals surface area contributed by atoms with E-state index in [4.69, 9.17) is 11.6 Å². The molecule has 8 nitrogen and oxygen atoms in total. The maximum atomic E-state index is 14.0. The Hall–Kier alpha value is -2.32. The molecule has 4 rings (SSSR count). The van der Waals surface area contributed by atoms with Crippen molar-refractivity contribution in [3.05, 3.63) is 34.9 Å².